The van der Waals surface area contributed by atoms with Crippen LogP contribution in [-0.2, 0) is 29.0 Å². The number of amides is 2. The summed E-state index contributed by atoms with van der Waals surface area (Å²) in [5.74, 6) is 0.0186. The minimum absolute atomic E-state index is 0. The number of hydrogen-bond donors (Lipinski definition) is 2. The van der Waals surface area contributed by atoms with Gasteiger partial charge in [0, 0.05) is 36.5 Å². The quantitative estimate of drug-likeness (QED) is 0.743. The first kappa shape index (κ1) is 20.7. The third-order valence-electron chi connectivity index (χ3n) is 5.54. The van der Waals surface area contributed by atoms with E-state index in [0.29, 0.717) is 6.54 Å². The van der Waals surface area contributed by atoms with Crippen molar-refractivity contribution in [2.24, 2.45) is 0 Å². The second-order valence-corrected chi connectivity index (χ2v) is 8.41. The Morgan fingerprint density at radius 2 is 2.04 bits per heavy atom. The molecule has 2 amide bonds. The zero-order valence-electron chi connectivity index (χ0n) is 15.8. The number of carbonyl (C=O) groups excluding carboxylic acids is 2. The van der Waals surface area contributed by atoms with E-state index in [1.165, 1.54) is 16.0 Å². The number of anilines is 1. The molecule has 0 radical (unpaired) electrons. The molecule has 5 nitrogen and oxygen atoms in total. The zero-order chi connectivity index (χ0) is 18.8. The van der Waals surface area contributed by atoms with E-state index < -0.39 is 0 Å². The summed E-state index contributed by atoms with van der Waals surface area (Å²) in [5, 5.41) is 5.20. The van der Waals surface area contributed by atoms with Crippen LogP contribution in [0.1, 0.15) is 53.3 Å². The van der Waals surface area contributed by atoms with Gasteiger partial charge in [0.05, 0.1) is 6.04 Å². The lowest BCUT2D eigenvalue weighted by Gasteiger charge is -2.28. The normalized spacial score (nSPS) is 17.9. The van der Waals surface area contributed by atoms with Gasteiger partial charge >= 0.3 is 0 Å². The Kier molecular flexibility index (Phi) is 6.62. The number of benzene rings is 1. The number of nitrogen functional groups attached to an aromatic ring is 1. The van der Waals surface area contributed by atoms with E-state index in [1.54, 1.807) is 11.3 Å². The maximum absolute atomic E-state index is 12.5. The number of nitrogens with one attached hydrogen (secondary N) is 1. The van der Waals surface area contributed by atoms with Crippen LogP contribution in [-0.4, -0.2) is 23.3 Å². The molecule has 150 valence electrons. The first-order chi connectivity index (χ1) is 13.1. The summed E-state index contributed by atoms with van der Waals surface area (Å²) in [5.41, 5.74) is 10.3. The molecule has 1 aromatic carbocycles. The molecule has 0 saturated carbocycles. The van der Waals surface area contributed by atoms with Gasteiger partial charge in [0.2, 0.25) is 11.8 Å². The predicted molar refractivity (Wildman–Crippen MR) is 115 cm³/mol. The van der Waals surface area contributed by atoms with Crippen molar-refractivity contribution in [1.29, 1.82) is 0 Å². The molecule has 1 aromatic heterocycles. The molecule has 1 aliphatic carbocycles. The van der Waals surface area contributed by atoms with Gasteiger partial charge in [-0.3, -0.25) is 9.59 Å². The molecule has 2 heterocycles. The fourth-order valence-electron chi connectivity index (χ4n) is 4.09. The average molecular weight is 420 g/mol. The monoisotopic (exact) mass is 419 g/mol. The number of thiophene rings is 1. The van der Waals surface area contributed by atoms with E-state index in [1.807, 2.05) is 23.1 Å². The van der Waals surface area contributed by atoms with E-state index in [9.17, 15) is 9.59 Å². The summed E-state index contributed by atoms with van der Waals surface area (Å²) in [4.78, 5) is 28.2. The molecule has 2 aromatic rings. The summed E-state index contributed by atoms with van der Waals surface area (Å²) in [6.07, 6.45) is 4.41. The minimum atomic E-state index is -0.0498. The molecule has 0 fully saturated rings. The van der Waals surface area contributed by atoms with E-state index in [2.05, 4.69) is 16.8 Å². The van der Waals surface area contributed by atoms with Crippen LogP contribution in [0.2, 0.25) is 0 Å². The second-order valence-electron chi connectivity index (χ2n) is 7.40. The van der Waals surface area contributed by atoms with Crippen LogP contribution in [0.4, 0.5) is 5.69 Å². The molecule has 1 atom stereocenters. The molecule has 1 unspecified atom stereocenters. The molecule has 0 spiro atoms. The van der Waals surface area contributed by atoms with Gasteiger partial charge in [0.15, 0.2) is 0 Å². The third-order valence-corrected chi connectivity index (χ3v) is 6.57. The van der Waals surface area contributed by atoms with Gasteiger partial charge in [0.25, 0.3) is 0 Å². The molecule has 28 heavy (non-hydrogen) atoms. The average Bonchev–Trinajstić information content (AvgIpc) is 3.14. The summed E-state index contributed by atoms with van der Waals surface area (Å²) in [6, 6.07) is 8.04. The van der Waals surface area contributed by atoms with Crippen LogP contribution < -0.4 is 11.1 Å². The van der Waals surface area contributed by atoms with Crippen molar-refractivity contribution < 1.29 is 9.59 Å². The number of fused-ring (bicyclic) bond motifs is 2. The lowest BCUT2D eigenvalue weighted by Crippen LogP contribution is -2.36. The Morgan fingerprint density at radius 3 is 2.89 bits per heavy atom. The fourth-order valence-corrected chi connectivity index (χ4v) is 4.98. The van der Waals surface area contributed by atoms with Crippen LogP contribution in [0.25, 0.3) is 0 Å². The maximum atomic E-state index is 12.5. The smallest absolute Gasteiger partial charge is 0.223 e. The van der Waals surface area contributed by atoms with Crippen LogP contribution in [0.5, 0.6) is 0 Å². The van der Waals surface area contributed by atoms with E-state index in [-0.39, 0.29) is 43.1 Å². The van der Waals surface area contributed by atoms with Gasteiger partial charge in [-0.05, 0) is 66.0 Å². The van der Waals surface area contributed by atoms with Crippen molar-refractivity contribution in [2.75, 3.05) is 12.3 Å². The Hall–Kier alpha value is -2.05. The van der Waals surface area contributed by atoms with Crippen LogP contribution in [0, 0.1) is 0 Å². The molecule has 0 saturated heterocycles. The van der Waals surface area contributed by atoms with Crippen LogP contribution >= 0.6 is 23.7 Å². The Labute approximate surface area is 175 Å². The van der Waals surface area contributed by atoms with Crippen molar-refractivity contribution >= 4 is 41.2 Å². The summed E-state index contributed by atoms with van der Waals surface area (Å²) < 4.78 is 0. The van der Waals surface area contributed by atoms with Gasteiger partial charge in [-0.15, -0.1) is 23.7 Å². The van der Waals surface area contributed by atoms with Crippen molar-refractivity contribution in [3.8, 4) is 0 Å². The molecule has 0 bridgehead atoms. The van der Waals surface area contributed by atoms with Crippen LogP contribution in [0.3, 0.4) is 0 Å². The highest BCUT2D eigenvalue weighted by Crippen LogP contribution is 2.31. The summed E-state index contributed by atoms with van der Waals surface area (Å²) in [6.45, 7) is 1.43. The molecule has 3 N–H and O–H groups in total. The van der Waals surface area contributed by atoms with Gasteiger partial charge in [0.1, 0.15) is 0 Å². The Balaban J connectivity index is 0.00000225. The fraction of sp³-hybridized carbons (Fsp3) is 0.429. The predicted octanol–water partition coefficient (Wildman–Crippen LogP) is 3.61. The van der Waals surface area contributed by atoms with Crippen molar-refractivity contribution in [3.63, 3.8) is 0 Å². The molecule has 2 aliphatic rings. The van der Waals surface area contributed by atoms with E-state index in [0.717, 1.165) is 43.5 Å². The standard InChI is InChI=1S/C21H25N3O2S.ClH/c22-16-4-5-17-14(12-16)2-1-3-18(17)23-20(25)6-7-21(26)24-10-8-19-15(13-24)9-11-27-19;/h4-5,9,11-12,18H,1-3,6-8,10,13,22H2,(H,23,25);1H. The minimum Gasteiger partial charge on any atom is -0.399 e. The summed E-state index contributed by atoms with van der Waals surface area (Å²) >= 11 is 1.76. The number of carbonyl (C=O) groups is 2. The van der Waals surface area contributed by atoms with Gasteiger partial charge in [-0.1, -0.05) is 6.07 Å². The van der Waals surface area contributed by atoms with E-state index in [4.69, 9.17) is 5.73 Å². The topological polar surface area (TPSA) is 75.4 Å². The lowest BCUT2D eigenvalue weighted by molar-refractivity contribution is -0.134. The van der Waals surface area contributed by atoms with Crippen molar-refractivity contribution in [1.82, 2.24) is 10.2 Å². The SMILES string of the molecule is Cl.Nc1ccc2c(c1)CCCC2NC(=O)CCC(=O)N1CCc2sccc2C1. The number of aryl methyl sites for hydroxylation is 1. The number of nitrogens with zero attached hydrogens (tertiary/aromatic N) is 1. The zero-order valence-corrected chi connectivity index (χ0v) is 17.4. The number of hydrogen-bond acceptors (Lipinski definition) is 4. The molecular formula is C21H26ClN3O2S. The lowest BCUT2D eigenvalue weighted by atomic mass is 9.87. The Morgan fingerprint density at radius 1 is 1.18 bits per heavy atom. The molecule has 7 heteroatoms. The number of nitrogens with two attached hydrogens (primary N) is 1. The number of rotatable bonds is 4. The first-order valence-electron chi connectivity index (χ1n) is 9.61. The van der Waals surface area contributed by atoms with Crippen molar-refractivity contribution in [2.45, 2.75) is 51.1 Å². The molecular weight excluding hydrogens is 394 g/mol. The van der Waals surface area contributed by atoms with Gasteiger partial charge in [-0.2, -0.15) is 0 Å². The maximum Gasteiger partial charge on any atom is 0.223 e. The van der Waals surface area contributed by atoms with Crippen molar-refractivity contribution in [3.05, 3.63) is 51.2 Å². The van der Waals surface area contributed by atoms with Gasteiger partial charge < -0.3 is 16.0 Å². The highest BCUT2D eigenvalue weighted by Gasteiger charge is 2.24. The molecule has 1 aliphatic heterocycles. The first-order valence-corrected chi connectivity index (χ1v) is 10.5. The van der Waals surface area contributed by atoms with Crippen LogP contribution in [0.15, 0.2) is 29.6 Å². The third kappa shape index (κ3) is 4.50. The van der Waals surface area contributed by atoms with E-state index >= 15 is 0 Å². The number of halogens is 1. The highest BCUT2D eigenvalue weighted by molar-refractivity contribution is 7.10. The Bertz CT molecular complexity index is 867. The second kappa shape index (κ2) is 8.97. The molecule has 4 rings (SSSR count). The summed E-state index contributed by atoms with van der Waals surface area (Å²) in [7, 11) is 0. The highest BCUT2D eigenvalue weighted by atomic mass is 35.5. The largest absolute Gasteiger partial charge is 0.399 e. The van der Waals surface area contributed by atoms with Gasteiger partial charge in [-0.25, -0.2) is 0 Å².